The van der Waals surface area contributed by atoms with Crippen LogP contribution >= 0.6 is 0 Å². The molecule has 0 unspecified atom stereocenters. The van der Waals surface area contributed by atoms with E-state index in [1.807, 2.05) is 13.8 Å². The summed E-state index contributed by atoms with van der Waals surface area (Å²) in [4.78, 5) is 25.7. The highest BCUT2D eigenvalue weighted by Crippen LogP contribution is 2.48. The van der Waals surface area contributed by atoms with E-state index in [4.69, 9.17) is 9.47 Å². The molecule has 162 valence electrons. The van der Waals surface area contributed by atoms with Crippen molar-refractivity contribution in [2.75, 3.05) is 19.8 Å². The van der Waals surface area contributed by atoms with Crippen molar-refractivity contribution in [3.63, 3.8) is 0 Å². The van der Waals surface area contributed by atoms with Gasteiger partial charge in [0.2, 0.25) is 0 Å². The molecule has 29 heavy (non-hydrogen) atoms. The number of halogens is 3. The van der Waals surface area contributed by atoms with Crippen LogP contribution in [0.1, 0.15) is 53.4 Å². The number of alkyl halides is 3. The highest BCUT2D eigenvalue weighted by Gasteiger charge is 2.41. The van der Waals surface area contributed by atoms with Crippen LogP contribution in [0.25, 0.3) is 0 Å². The number of esters is 1. The highest BCUT2D eigenvalue weighted by atomic mass is 19.4. The molecule has 2 aliphatic rings. The van der Waals surface area contributed by atoms with Gasteiger partial charge in [-0.15, -0.1) is 0 Å². The summed E-state index contributed by atoms with van der Waals surface area (Å²) in [6.07, 6.45) is -1.90. The first-order chi connectivity index (χ1) is 13.4. The van der Waals surface area contributed by atoms with Crippen molar-refractivity contribution >= 4 is 11.8 Å². The molecule has 7 heteroatoms. The van der Waals surface area contributed by atoms with Crippen LogP contribution in [-0.2, 0) is 19.1 Å². The predicted molar refractivity (Wildman–Crippen MR) is 103 cm³/mol. The molecule has 0 saturated heterocycles. The van der Waals surface area contributed by atoms with Gasteiger partial charge in [-0.25, -0.2) is 4.79 Å². The van der Waals surface area contributed by atoms with Gasteiger partial charge in [-0.2, -0.15) is 13.2 Å². The Balaban J connectivity index is 2.51. The molecule has 0 aromatic rings. The van der Waals surface area contributed by atoms with E-state index in [0.29, 0.717) is 35.1 Å². The van der Waals surface area contributed by atoms with Crippen molar-refractivity contribution in [2.24, 2.45) is 11.3 Å². The van der Waals surface area contributed by atoms with Gasteiger partial charge in [0.15, 0.2) is 5.78 Å². The monoisotopic (exact) mass is 414 g/mol. The number of Topliss-reactive ketones (excluding diaryl/α,β-unsaturated/α-hetero) is 1. The summed E-state index contributed by atoms with van der Waals surface area (Å²) in [7, 11) is 0. The second-order valence-corrected chi connectivity index (χ2v) is 8.59. The summed E-state index contributed by atoms with van der Waals surface area (Å²) < 4.78 is 47.3. The largest absolute Gasteiger partial charge is 0.462 e. The molecule has 0 spiro atoms. The minimum atomic E-state index is -4.46. The van der Waals surface area contributed by atoms with Gasteiger partial charge in [-0.3, -0.25) is 4.79 Å². The summed E-state index contributed by atoms with van der Waals surface area (Å²) in [6, 6.07) is 0. The number of carbonyl (C=O) groups is 2. The fourth-order valence-corrected chi connectivity index (χ4v) is 3.80. The average molecular weight is 414 g/mol. The van der Waals surface area contributed by atoms with Crippen molar-refractivity contribution in [2.45, 2.75) is 59.6 Å². The second-order valence-electron chi connectivity index (χ2n) is 8.59. The zero-order valence-electron chi connectivity index (χ0n) is 17.5. The van der Waals surface area contributed by atoms with E-state index in [2.05, 4.69) is 6.58 Å². The molecule has 2 fully saturated rings. The maximum Gasteiger partial charge on any atom is 0.411 e. The molecule has 0 aromatic carbocycles. The smallest absolute Gasteiger partial charge is 0.411 e. The van der Waals surface area contributed by atoms with Crippen LogP contribution in [0.3, 0.4) is 0 Å². The van der Waals surface area contributed by atoms with Crippen LogP contribution in [0.5, 0.6) is 0 Å². The van der Waals surface area contributed by atoms with Crippen molar-refractivity contribution in [3.8, 4) is 0 Å². The molecule has 0 N–H and O–H groups in total. The number of carbonyl (C=O) groups excluding carboxylic acids is 2. The molecule has 0 radical (unpaired) electrons. The maximum atomic E-state index is 13.0. The summed E-state index contributed by atoms with van der Waals surface area (Å²) in [5, 5.41) is 0. The molecule has 2 rings (SSSR count). The Morgan fingerprint density at radius 3 is 2.34 bits per heavy atom. The van der Waals surface area contributed by atoms with E-state index in [0.717, 1.165) is 12.8 Å². The zero-order valence-corrected chi connectivity index (χ0v) is 17.5. The highest BCUT2D eigenvalue weighted by molar-refractivity contribution is 6.06. The van der Waals surface area contributed by atoms with Crippen LogP contribution in [0.15, 0.2) is 34.4 Å². The normalized spacial score (nSPS) is 22.3. The van der Waals surface area contributed by atoms with E-state index < -0.39 is 18.8 Å². The Morgan fingerprint density at radius 2 is 1.86 bits per heavy atom. The number of hydrogen-bond donors (Lipinski definition) is 0. The lowest BCUT2D eigenvalue weighted by atomic mass is 9.70. The molecular formula is C22H29F3O4. The third kappa shape index (κ3) is 6.29. The molecule has 4 nitrogen and oxygen atoms in total. The third-order valence-corrected chi connectivity index (χ3v) is 4.98. The standard InChI is InChI=1S/C22H29F3O4/c1-6-29-20(27)18(14(3)11-28-12-22(23,24)25)19(15-7-8-15)17-13(2)9-21(4,5)10-16(17)26/h15H,2,6-12H2,1,3-5H3/b18-14-,19-17+. The van der Waals surface area contributed by atoms with Gasteiger partial charge in [0.25, 0.3) is 0 Å². The predicted octanol–water partition coefficient (Wildman–Crippen LogP) is 5.10. The topological polar surface area (TPSA) is 52.6 Å². The van der Waals surface area contributed by atoms with Crippen LogP contribution in [0.2, 0.25) is 0 Å². The first-order valence-corrected chi connectivity index (χ1v) is 9.83. The average Bonchev–Trinajstić information content (AvgIpc) is 3.35. The summed E-state index contributed by atoms with van der Waals surface area (Å²) in [6.45, 7) is 9.60. The molecule has 0 bridgehead atoms. The van der Waals surface area contributed by atoms with Crippen LogP contribution in [0, 0.1) is 11.3 Å². The first kappa shape index (κ1) is 23.4. The fraction of sp³-hybridized carbons (Fsp3) is 0.636. The molecule has 2 aliphatic carbocycles. The molecule has 0 aliphatic heterocycles. The van der Waals surface area contributed by atoms with Gasteiger partial charge in [0, 0.05) is 12.0 Å². The Bertz CT molecular complexity index is 731. The number of hydrogen-bond acceptors (Lipinski definition) is 4. The third-order valence-electron chi connectivity index (χ3n) is 4.98. The quantitative estimate of drug-likeness (QED) is 0.430. The molecule has 0 amide bonds. The van der Waals surface area contributed by atoms with Crippen molar-refractivity contribution in [1.29, 1.82) is 0 Å². The van der Waals surface area contributed by atoms with Crippen LogP contribution in [-0.4, -0.2) is 37.7 Å². The van der Waals surface area contributed by atoms with Gasteiger partial charge in [-0.05, 0) is 61.2 Å². The lowest BCUT2D eigenvalue weighted by Crippen LogP contribution is -2.28. The summed E-state index contributed by atoms with van der Waals surface area (Å²) >= 11 is 0. The van der Waals surface area contributed by atoms with E-state index in [9.17, 15) is 22.8 Å². The van der Waals surface area contributed by atoms with Crippen LogP contribution < -0.4 is 0 Å². The van der Waals surface area contributed by atoms with Crippen LogP contribution in [0.4, 0.5) is 13.2 Å². The second kappa shape index (κ2) is 8.86. The summed E-state index contributed by atoms with van der Waals surface area (Å²) in [5.41, 5.74) is 1.96. The number of ether oxygens (including phenoxy) is 2. The maximum absolute atomic E-state index is 13.0. The molecule has 0 atom stereocenters. The number of allylic oxidation sites excluding steroid dienone is 2. The van der Waals surface area contributed by atoms with Gasteiger partial charge in [0.05, 0.1) is 18.8 Å². The van der Waals surface area contributed by atoms with Crippen molar-refractivity contribution in [3.05, 3.63) is 34.4 Å². The van der Waals surface area contributed by atoms with Gasteiger partial charge >= 0.3 is 12.1 Å². The van der Waals surface area contributed by atoms with Gasteiger partial charge in [0.1, 0.15) is 6.61 Å². The van der Waals surface area contributed by atoms with E-state index >= 15 is 0 Å². The molecule has 0 heterocycles. The Kier molecular flexibility index (Phi) is 7.14. The van der Waals surface area contributed by atoms with Gasteiger partial charge < -0.3 is 9.47 Å². The zero-order chi connectivity index (χ0) is 22.0. The molecule has 0 aromatic heterocycles. The van der Waals surface area contributed by atoms with E-state index in [-0.39, 0.29) is 35.9 Å². The Labute approximate surface area is 169 Å². The van der Waals surface area contributed by atoms with E-state index in [1.165, 1.54) is 0 Å². The molecule has 2 saturated carbocycles. The summed E-state index contributed by atoms with van der Waals surface area (Å²) in [5.74, 6) is -0.719. The lowest BCUT2D eigenvalue weighted by molar-refractivity contribution is -0.171. The minimum absolute atomic E-state index is 0.00360. The molecular weight excluding hydrogens is 385 g/mol. The fourth-order valence-electron chi connectivity index (χ4n) is 3.80. The number of ketones is 1. The first-order valence-electron chi connectivity index (χ1n) is 9.83. The van der Waals surface area contributed by atoms with Crippen molar-refractivity contribution in [1.82, 2.24) is 0 Å². The van der Waals surface area contributed by atoms with Crippen molar-refractivity contribution < 1.29 is 32.2 Å². The van der Waals surface area contributed by atoms with Gasteiger partial charge in [-0.1, -0.05) is 20.4 Å². The SMILES string of the molecule is C=C1CC(C)(C)CC(=O)/C1=C(/C(C(=O)OCC)=C(\C)COCC(F)(F)F)C1CC1. The lowest BCUT2D eigenvalue weighted by Gasteiger charge is -2.33. The van der Waals surface area contributed by atoms with E-state index in [1.54, 1.807) is 13.8 Å². The Morgan fingerprint density at radius 1 is 1.24 bits per heavy atom. The Hall–Kier alpha value is -1.89. The number of rotatable bonds is 7. The minimum Gasteiger partial charge on any atom is -0.462 e.